The molecule has 0 saturated carbocycles. The highest BCUT2D eigenvalue weighted by Crippen LogP contribution is 2.12. The Morgan fingerprint density at radius 2 is 2.00 bits per heavy atom. The van der Waals surface area contributed by atoms with Gasteiger partial charge in [0.1, 0.15) is 0 Å². The molecule has 0 fully saturated rings. The lowest BCUT2D eigenvalue weighted by Gasteiger charge is -2.07. The Kier molecular flexibility index (Phi) is 6.53. The summed E-state index contributed by atoms with van der Waals surface area (Å²) in [4.78, 5) is 8.00. The first-order chi connectivity index (χ1) is 8.79. The number of rotatable bonds is 8. The topological polar surface area (TPSA) is 93.6 Å². The molecule has 0 bridgehead atoms. The van der Waals surface area contributed by atoms with E-state index in [2.05, 4.69) is 22.0 Å². The van der Waals surface area contributed by atoms with Crippen LogP contribution in [0.15, 0.2) is 17.5 Å². The van der Waals surface area contributed by atoms with Crippen LogP contribution < -0.4 is 10.5 Å². The fraction of sp³-hybridized carbons (Fsp3) is 0.583. The second-order valence-corrected chi connectivity index (χ2v) is 3.96. The average Bonchev–Trinajstić information content (AvgIpc) is 2.42. The van der Waals surface area contributed by atoms with Crippen LogP contribution in [0.5, 0.6) is 5.88 Å². The van der Waals surface area contributed by atoms with Gasteiger partial charge in [-0.05, 0) is 6.42 Å². The highest BCUT2D eigenvalue weighted by molar-refractivity contribution is 5.97. The third kappa shape index (κ3) is 4.57. The second kappa shape index (κ2) is 8.27. The Morgan fingerprint density at radius 1 is 1.28 bits per heavy atom. The van der Waals surface area contributed by atoms with Crippen LogP contribution in [0.2, 0.25) is 0 Å². The molecule has 100 valence electrons. The van der Waals surface area contributed by atoms with Crippen molar-refractivity contribution < 1.29 is 9.94 Å². The molecule has 0 spiro atoms. The van der Waals surface area contributed by atoms with Gasteiger partial charge in [0.25, 0.3) is 0 Å². The van der Waals surface area contributed by atoms with Crippen molar-refractivity contribution in [2.24, 2.45) is 10.9 Å². The largest absolute Gasteiger partial charge is 0.476 e. The fourth-order valence-electron chi connectivity index (χ4n) is 1.53. The van der Waals surface area contributed by atoms with Crippen LogP contribution >= 0.6 is 0 Å². The quantitative estimate of drug-likeness (QED) is 0.242. The molecule has 1 aromatic heterocycles. The SMILES string of the molecule is CCCCCCCOc1nccnc1C(N)=NO. The van der Waals surface area contributed by atoms with Crippen molar-refractivity contribution in [1.29, 1.82) is 0 Å². The molecule has 1 aromatic rings. The number of nitrogens with zero attached hydrogens (tertiary/aromatic N) is 3. The molecular weight excluding hydrogens is 232 g/mol. The number of amidine groups is 1. The average molecular weight is 252 g/mol. The summed E-state index contributed by atoms with van der Waals surface area (Å²) in [5.74, 6) is 0.215. The predicted octanol–water partition coefficient (Wildman–Crippen LogP) is 1.92. The second-order valence-electron chi connectivity index (χ2n) is 3.96. The highest BCUT2D eigenvalue weighted by atomic mass is 16.5. The first-order valence-electron chi connectivity index (χ1n) is 6.21. The van der Waals surface area contributed by atoms with Crippen LogP contribution in [-0.4, -0.2) is 27.6 Å². The number of hydrogen-bond donors (Lipinski definition) is 2. The third-order valence-corrected chi connectivity index (χ3v) is 2.50. The van der Waals surface area contributed by atoms with Gasteiger partial charge in [-0.25, -0.2) is 9.97 Å². The van der Waals surface area contributed by atoms with E-state index in [-0.39, 0.29) is 11.5 Å². The molecule has 0 saturated heterocycles. The maximum Gasteiger partial charge on any atom is 0.243 e. The van der Waals surface area contributed by atoms with Crippen molar-refractivity contribution >= 4 is 5.84 Å². The van der Waals surface area contributed by atoms with Crippen molar-refractivity contribution in [2.45, 2.75) is 39.0 Å². The molecule has 0 unspecified atom stereocenters. The molecule has 1 heterocycles. The number of hydrogen-bond acceptors (Lipinski definition) is 5. The lowest BCUT2D eigenvalue weighted by atomic mass is 10.2. The number of unbranched alkanes of at least 4 members (excludes halogenated alkanes) is 4. The van der Waals surface area contributed by atoms with Crippen LogP contribution in [0.25, 0.3) is 0 Å². The lowest BCUT2D eigenvalue weighted by Crippen LogP contribution is -2.17. The Bertz CT molecular complexity index is 382. The van der Waals surface area contributed by atoms with E-state index in [1.54, 1.807) is 0 Å². The molecule has 0 aromatic carbocycles. The van der Waals surface area contributed by atoms with Gasteiger partial charge in [-0.1, -0.05) is 37.8 Å². The summed E-state index contributed by atoms with van der Waals surface area (Å²) in [6.45, 7) is 2.74. The number of aromatic nitrogens is 2. The standard InChI is InChI=1S/C12H20N4O2/c1-2-3-4-5-6-9-18-12-10(11(13)16-17)14-7-8-15-12/h7-8,17H,2-6,9H2,1H3,(H2,13,16). The molecule has 3 N–H and O–H groups in total. The summed E-state index contributed by atoms with van der Waals surface area (Å²) >= 11 is 0. The van der Waals surface area contributed by atoms with Crippen LogP contribution in [0.3, 0.4) is 0 Å². The third-order valence-electron chi connectivity index (χ3n) is 2.50. The Hall–Kier alpha value is -1.85. The van der Waals surface area contributed by atoms with Gasteiger partial charge in [0.15, 0.2) is 11.5 Å². The van der Waals surface area contributed by atoms with E-state index in [1.807, 2.05) is 0 Å². The molecule has 0 aliphatic rings. The Balaban J connectivity index is 2.42. The van der Waals surface area contributed by atoms with Gasteiger partial charge >= 0.3 is 0 Å². The van der Waals surface area contributed by atoms with Crippen molar-refractivity contribution in [2.75, 3.05) is 6.61 Å². The summed E-state index contributed by atoms with van der Waals surface area (Å²) < 4.78 is 5.49. The summed E-state index contributed by atoms with van der Waals surface area (Å²) in [7, 11) is 0. The lowest BCUT2D eigenvalue weighted by molar-refractivity contribution is 0.290. The minimum absolute atomic E-state index is 0.0934. The van der Waals surface area contributed by atoms with E-state index in [0.717, 1.165) is 12.8 Å². The molecule has 1 rings (SSSR count). The number of oxime groups is 1. The summed E-state index contributed by atoms with van der Waals surface area (Å²) in [5.41, 5.74) is 5.75. The summed E-state index contributed by atoms with van der Waals surface area (Å²) in [6.07, 6.45) is 8.77. The van der Waals surface area contributed by atoms with Gasteiger partial charge in [0.2, 0.25) is 5.88 Å². The van der Waals surface area contributed by atoms with Crippen molar-refractivity contribution in [1.82, 2.24) is 9.97 Å². The van der Waals surface area contributed by atoms with E-state index in [4.69, 9.17) is 15.7 Å². The minimum Gasteiger partial charge on any atom is -0.476 e. The van der Waals surface area contributed by atoms with Crippen molar-refractivity contribution in [3.05, 3.63) is 18.1 Å². The van der Waals surface area contributed by atoms with Gasteiger partial charge < -0.3 is 15.7 Å². The number of nitrogens with two attached hydrogens (primary N) is 1. The Labute approximate surface area is 107 Å². The molecule has 18 heavy (non-hydrogen) atoms. The van der Waals surface area contributed by atoms with Gasteiger partial charge in [0, 0.05) is 12.4 Å². The maximum absolute atomic E-state index is 8.62. The monoisotopic (exact) mass is 252 g/mol. The molecular formula is C12H20N4O2. The fourth-order valence-corrected chi connectivity index (χ4v) is 1.53. The van der Waals surface area contributed by atoms with E-state index in [9.17, 15) is 0 Å². The summed E-state index contributed by atoms with van der Waals surface area (Å²) in [6, 6.07) is 0. The van der Waals surface area contributed by atoms with Gasteiger partial charge in [-0.15, -0.1) is 0 Å². The summed E-state index contributed by atoms with van der Waals surface area (Å²) in [5, 5.41) is 11.5. The zero-order valence-corrected chi connectivity index (χ0v) is 10.7. The minimum atomic E-state index is -0.0934. The molecule has 0 atom stereocenters. The molecule has 6 heteroatoms. The molecule has 6 nitrogen and oxygen atoms in total. The van der Waals surface area contributed by atoms with Gasteiger partial charge in [-0.3, -0.25) is 0 Å². The van der Waals surface area contributed by atoms with Crippen LogP contribution in [-0.2, 0) is 0 Å². The first-order valence-corrected chi connectivity index (χ1v) is 6.21. The highest BCUT2D eigenvalue weighted by Gasteiger charge is 2.10. The first kappa shape index (κ1) is 14.2. The zero-order chi connectivity index (χ0) is 13.2. The molecule has 0 aliphatic heterocycles. The van der Waals surface area contributed by atoms with Crippen LogP contribution in [0, 0.1) is 0 Å². The maximum atomic E-state index is 8.62. The van der Waals surface area contributed by atoms with Gasteiger partial charge in [-0.2, -0.15) is 0 Å². The van der Waals surface area contributed by atoms with Crippen LogP contribution in [0.4, 0.5) is 0 Å². The van der Waals surface area contributed by atoms with Crippen molar-refractivity contribution in [3.8, 4) is 5.88 Å². The molecule has 0 aliphatic carbocycles. The smallest absolute Gasteiger partial charge is 0.243 e. The van der Waals surface area contributed by atoms with Crippen LogP contribution in [0.1, 0.15) is 44.7 Å². The van der Waals surface area contributed by atoms with E-state index in [0.29, 0.717) is 12.5 Å². The molecule has 0 amide bonds. The normalized spacial score (nSPS) is 11.5. The van der Waals surface area contributed by atoms with E-state index >= 15 is 0 Å². The predicted molar refractivity (Wildman–Crippen MR) is 68.8 cm³/mol. The van der Waals surface area contributed by atoms with Crippen molar-refractivity contribution in [3.63, 3.8) is 0 Å². The van der Waals surface area contributed by atoms with E-state index < -0.39 is 0 Å². The molecule has 0 radical (unpaired) electrons. The zero-order valence-electron chi connectivity index (χ0n) is 10.7. The van der Waals surface area contributed by atoms with E-state index in [1.165, 1.54) is 31.7 Å². The number of ether oxygens (including phenoxy) is 1. The Morgan fingerprint density at radius 3 is 2.72 bits per heavy atom. The van der Waals surface area contributed by atoms with Gasteiger partial charge in [0.05, 0.1) is 6.61 Å².